The second kappa shape index (κ2) is 4.10. The van der Waals surface area contributed by atoms with E-state index in [2.05, 4.69) is 5.32 Å². The van der Waals surface area contributed by atoms with Gasteiger partial charge < -0.3 is 10.2 Å². The van der Waals surface area contributed by atoms with E-state index in [1.165, 1.54) is 18.2 Å². The molecule has 1 amide bonds. The lowest BCUT2D eigenvalue weighted by atomic mass is 10.2. The van der Waals surface area contributed by atoms with Crippen molar-refractivity contribution in [3.63, 3.8) is 0 Å². The molecule has 0 bridgehead atoms. The molecule has 0 saturated heterocycles. The molecule has 0 radical (unpaired) electrons. The third-order valence-corrected chi connectivity index (χ3v) is 2.51. The molecular formula is C10H8ClF3N2O. The van der Waals surface area contributed by atoms with Crippen LogP contribution in [0.1, 0.15) is 0 Å². The fraction of sp³-hybridized carbons (Fsp3) is 0.300. The molecule has 0 aromatic heterocycles. The molecule has 1 aliphatic rings. The fourth-order valence-electron chi connectivity index (χ4n) is 1.68. The lowest BCUT2D eigenvalue weighted by molar-refractivity contribution is -0.122. The number of nitrogens with one attached hydrogen (secondary N) is 1. The van der Waals surface area contributed by atoms with Crippen molar-refractivity contribution in [1.82, 2.24) is 0 Å². The van der Waals surface area contributed by atoms with E-state index >= 15 is 0 Å². The molecule has 1 aromatic carbocycles. The minimum Gasteiger partial charge on any atom is -0.351 e. The SMILES string of the molecule is O=C1CN(CC(F)(F)F)c2cc(Cl)ccc2N1. The predicted molar refractivity (Wildman–Crippen MR) is 58.3 cm³/mol. The number of carbonyl (C=O) groups is 1. The van der Waals surface area contributed by atoms with Gasteiger partial charge in [0.25, 0.3) is 0 Å². The van der Waals surface area contributed by atoms with Crippen molar-refractivity contribution in [2.75, 3.05) is 23.3 Å². The molecule has 1 heterocycles. The van der Waals surface area contributed by atoms with Crippen LogP contribution in [0.5, 0.6) is 0 Å². The van der Waals surface area contributed by atoms with E-state index in [9.17, 15) is 18.0 Å². The quantitative estimate of drug-likeness (QED) is 0.846. The second-order valence-electron chi connectivity index (χ2n) is 3.68. The summed E-state index contributed by atoms with van der Waals surface area (Å²) in [7, 11) is 0. The molecule has 0 unspecified atom stereocenters. The smallest absolute Gasteiger partial charge is 0.351 e. The normalized spacial score (nSPS) is 15.5. The Hall–Kier alpha value is -1.43. The van der Waals surface area contributed by atoms with Crippen molar-refractivity contribution in [2.45, 2.75) is 6.18 Å². The van der Waals surface area contributed by atoms with Gasteiger partial charge in [0.15, 0.2) is 0 Å². The third-order valence-electron chi connectivity index (χ3n) is 2.28. The lowest BCUT2D eigenvalue weighted by Crippen LogP contribution is -2.43. The van der Waals surface area contributed by atoms with Crippen LogP contribution in [0.25, 0.3) is 0 Å². The van der Waals surface area contributed by atoms with Gasteiger partial charge in [0, 0.05) is 5.02 Å². The van der Waals surface area contributed by atoms with Crippen LogP contribution in [0.3, 0.4) is 0 Å². The maximum atomic E-state index is 12.4. The van der Waals surface area contributed by atoms with Crippen molar-refractivity contribution in [1.29, 1.82) is 0 Å². The molecule has 0 atom stereocenters. The molecule has 2 rings (SSSR count). The van der Waals surface area contributed by atoms with Crippen LogP contribution < -0.4 is 10.2 Å². The first-order valence-electron chi connectivity index (χ1n) is 4.76. The Morgan fingerprint density at radius 3 is 2.76 bits per heavy atom. The van der Waals surface area contributed by atoms with E-state index < -0.39 is 18.6 Å². The number of halogens is 4. The standard InChI is InChI=1S/C10H8ClF3N2O/c11-6-1-2-7-8(3-6)16(4-9(17)15-7)5-10(12,13)14/h1-3H,4-5H2,(H,15,17). The topological polar surface area (TPSA) is 32.3 Å². The molecule has 7 heteroatoms. The van der Waals surface area contributed by atoms with Crippen LogP contribution in [-0.2, 0) is 4.79 Å². The van der Waals surface area contributed by atoms with E-state index in [0.717, 1.165) is 4.90 Å². The van der Waals surface area contributed by atoms with Gasteiger partial charge >= 0.3 is 6.18 Å². The summed E-state index contributed by atoms with van der Waals surface area (Å²) in [6.45, 7) is -1.50. The number of benzene rings is 1. The summed E-state index contributed by atoms with van der Waals surface area (Å²) in [6.07, 6.45) is -4.36. The highest BCUT2D eigenvalue weighted by Gasteiger charge is 2.34. The molecule has 0 aliphatic carbocycles. The Bertz CT molecular complexity index is 461. The molecule has 92 valence electrons. The Labute approximate surface area is 100 Å². The van der Waals surface area contributed by atoms with Gasteiger partial charge in [-0.2, -0.15) is 13.2 Å². The predicted octanol–water partition coefficient (Wildman–Crippen LogP) is 2.66. The van der Waals surface area contributed by atoms with E-state index in [0.29, 0.717) is 10.7 Å². The van der Waals surface area contributed by atoms with E-state index in [1.54, 1.807) is 0 Å². The Morgan fingerprint density at radius 1 is 1.41 bits per heavy atom. The summed E-state index contributed by atoms with van der Waals surface area (Å²) in [5.74, 6) is -0.468. The molecule has 0 spiro atoms. The van der Waals surface area contributed by atoms with Gasteiger partial charge in [0.2, 0.25) is 5.91 Å². The maximum Gasteiger partial charge on any atom is 0.405 e. The number of nitrogens with zero attached hydrogens (tertiary/aromatic N) is 1. The van der Waals surface area contributed by atoms with Crippen molar-refractivity contribution >= 4 is 28.9 Å². The Morgan fingerprint density at radius 2 is 2.12 bits per heavy atom. The van der Waals surface area contributed by atoms with Crippen molar-refractivity contribution in [3.05, 3.63) is 23.2 Å². The minimum atomic E-state index is -4.36. The molecular weight excluding hydrogens is 257 g/mol. The average molecular weight is 265 g/mol. The van der Waals surface area contributed by atoms with Crippen LogP contribution in [0.15, 0.2) is 18.2 Å². The number of carbonyl (C=O) groups excluding carboxylic acids is 1. The van der Waals surface area contributed by atoms with Crippen molar-refractivity contribution in [3.8, 4) is 0 Å². The third kappa shape index (κ3) is 2.82. The van der Waals surface area contributed by atoms with Gasteiger partial charge in [-0.25, -0.2) is 0 Å². The number of hydrogen-bond acceptors (Lipinski definition) is 2. The molecule has 0 saturated carbocycles. The largest absolute Gasteiger partial charge is 0.405 e. The summed E-state index contributed by atoms with van der Waals surface area (Å²) in [5.41, 5.74) is 0.629. The number of fused-ring (bicyclic) bond motifs is 1. The molecule has 1 aliphatic heterocycles. The van der Waals surface area contributed by atoms with Gasteiger partial charge in [-0.3, -0.25) is 4.79 Å². The van der Waals surface area contributed by atoms with Crippen LogP contribution >= 0.6 is 11.6 Å². The molecule has 0 fully saturated rings. The van der Waals surface area contributed by atoms with E-state index in [1.807, 2.05) is 0 Å². The van der Waals surface area contributed by atoms with Crippen molar-refractivity contribution in [2.24, 2.45) is 0 Å². The lowest BCUT2D eigenvalue weighted by Gasteiger charge is -2.31. The zero-order valence-electron chi connectivity index (χ0n) is 8.51. The number of hydrogen-bond donors (Lipinski definition) is 1. The molecule has 1 aromatic rings. The number of anilines is 2. The first kappa shape index (κ1) is 12.0. The Balaban J connectivity index is 2.36. The van der Waals surface area contributed by atoms with Gasteiger partial charge in [-0.15, -0.1) is 0 Å². The fourth-order valence-corrected chi connectivity index (χ4v) is 1.84. The van der Waals surface area contributed by atoms with Gasteiger partial charge in [-0.05, 0) is 18.2 Å². The summed E-state index contributed by atoms with van der Waals surface area (Å²) in [4.78, 5) is 12.2. The zero-order valence-corrected chi connectivity index (χ0v) is 9.27. The summed E-state index contributed by atoms with van der Waals surface area (Å²) in [5, 5.41) is 2.82. The zero-order chi connectivity index (χ0) is 12.6. The second-order valence-corrected chi connectivity index (χ2v) is 4.12. The minimum absolute atomic E-state index is 0.287. The number of amides is 1. The first-order valence-corrected chi connectivity index (χ1v) is 5.14. The Kier molecular flexibility index (Phi) is 2.91. The summed E-state index contributed by atoms with van der Waals surface area (Å²) in [6, 6.07) is 4.40. The van der Waals surface area contributed by atoms with Gasteiger partial charge in [0.1, 0.15) is 6.54 Å². The van der Waals surface area contributed by atoms with Gasteiger partial charge in [-0.1, -0.05) is 11.6 Å². The van der Waals surface area contributed by atoms with Crippen LogP contribution in [0.4, 0.5) is 24.5 Å². The van der Waals surface area contributed by atoms with E-state index in [4.69, 9.17) is 11.6 Å². The first-order chi connectivity index (χ1) is 7.85. The summed E-state index contributed by atoms with van der Waals surface area (Å²) >= 11 is 5.73. The monoisotopic (exact) mass is 264 g/mol. The highest BCUT2D eigenvalue weighted by atomic mass is 35.5. The molecule has 3 nitrogen and oxygen atoms in total. The van der Waals surface area contributed by atoms with Crippen LogP contribution in [-0.4, -0.2) is 25.2 Å². The molecule has 1 N–H and O–H groups in total. The highest BCUT2D eigenvalue weighted by molar-refractivity contribution is 6.31. The molecule has 17 heavy (non-hydrogen) atoms. The number of alkyl halides is 3. The van der Waals surface area contributed by atoms with E-state index in [-0.39, 0.29) is 12.2 Å². The number of rotatable bonds is 1. The maximum absolute atomic E-state index is 12.4. The van der Waals surface area contributed by atoms with Crippen molar-refractivity contribution < 1.29 is 18.0 Å². The highest BCUT2D eigenvalue weighted by Crippen LogP contribution is 2.33. The van der Waals surface area contributed by atoms with Gasteiger partial charge in [0.05, 0.1) is 17.9 Å². The summed E-state index contributed by atoms with van der Waals surface area (Å²) < 4.78 is 37.1. The van der Waals surface area contributed by atoms with Crippen LogP contribution in [0.2, 0.25) is 5.02 Å². The van der Waals surface area contributed by atoms with Crippen LogP contribution in [0, 0.1) is 0 Å². The average Bonchev–Trinajstić information content (AvgIpc) is 2.16.